The van der Waals surface area contributed by atoms with E-state index < -0.39 is 11.6 Å². The Labute approximate surface area is 129 Å². The highest BCUT2D eigenvalue weighted by Crippen LogP contribution is 2.27. The molecular formula is C17H10F3NS. The Morgan fingerprint density at radius 1 is 0.864 bits per heavy atom. The molecule has 1 heterocycles. The van der Waals surface area contributed by atoms with Crippen LogP contribution in [0.3, 0.4) is 0 Å². The third-order valence-corrected chi connectivity index (χ3v) is 3.84. The second-order valence-corrected chi connectivity index (χ2v) is 5.44. The van der Waals surface area contributed by atoms with Crippen molar-refractivity contribution in [3.8, 4) is 11.3 Å². The zero-order chi connectivity index (χ0) is 15.5. The van der Waals surface area contributed by atoms with Crippen molar-refractivity contribution in [2.75, 3.05) is 0 Å². The van der Waals surface area contributed by atoms with E-state index in [4.69, 9.17) is 0 Å². The highest BCUT2D eigenvalue weighted by molar-refractivity contribution is 7.10. The molecule has 0 N–H and O–H groups in total. The van der Waals surface area contributed by atoms with Crippen molar-refractivity contribution in [3.63, 3.8) is 0 Å². The van der Waals surface area contributed by atoms with E-state index >= 15 is 0 Å². The van der Waals surface area contributed by atoms with Crippen LogP contribution in [0, 0.1) is 17.5 Å². The van der Waals surface area contributed by atoms with Crippen molar-refractivity contribution in [1.82, 2.24) is 4.98 Å². The maximum atomic E-state index is 13.7. The Kier molecular flexibility index (Phi) is 4.06. The average Bonchev–Trinajstić information content (AvgIpc) is 2.95. The van der Waals surface area contributed by atoms with Crippen LogP contribution in [0.5, 0.6) is 0 Å². The quantitative estimate of drug-likeness (QED) is 0.630. The molecule has 1 nitrogen and oxygen atoms in total. The Morgan fingerprint density at radius 3 is 2.23 bits per heavy atom. The molecule has 0 spiro atoms. The summed E-state index contributed by atoms with van der Waals surface area (Å²) in [6.45, 7) is 0. The summed E-state index contributed by atoms with van der Waals surface area (Å²) in [4.78, 5) is 4.21. The number of thiazole rings is 1. The average molecular weight is 317 g/mol. The molecular weight excluding hydrogens is 307 g/mol. The number of nitrogens with zero attached hydrogens (tertiary/aromatic N) is 1. The predicted octanol–water partition coefficient (Wildman–Crippen LogP) is 5.40. The summed E-state index contributed by atoms with van der Waals surface area (Å²) in [5, 5.41) is 2.22. The lowest BCUT2D eigenvalue weighted by Crippen LogP contribution is -1.89. The lowest BCUT2D eigenvalue weighted by Gasteiger charge is -2.00. The van der Waals surface area contributed by atoms with E-state index in [0.717, 1.165) is 5.56 Å². The van der Waals surface area contributed by atoms with Crippen molar-refractivity contribution in [2.45, 2.75) is 0 Å². The molecule has 0 radical (unpaired) electrons. The topological polar surface area (TPSA) is 12.9 Å². The summed E-state index contributed by atoms with van der Waals surface area (Å²) in [6.07, 6.45) is 3.49. The van der Waals surface area contributed by atoms with Crippen molar-refractivity contribution in [1.29, 1.82) is 0 Å². The zero-order valence-corrected chi connectivity index (χ0v) is 12.1. The Morgan fingerprint density at radius 2 is 1.55 bits per heavy atom. The second-order valence-electron chi connectivity index (χ2n) is 4.55. The van der Waals surface area contributed by atoms with E-state index in [9.17, 15) is 13.2 Å². The molecule has 0 fully saturated rings. The molecule has 0 saturated carbocycles. The van der Waals surface area contributed by atoms with Crippen molar-refractivity contribution in [3.05, 3.63) is 75.9 Å². The molecule has 0 aliphatic rings. The molecule has 0 aliphatic heterocycles. The van der Waals surface area contributed by atoms with Gasteiger partial charge in [-0.1, -0.05) is 24.3 Å². The van der Waals surface area contributed by atoms with Crippen molar-refractivity contribution in [2.24, 2.45) is 0 Å². The molecule has 1 aromatic heterocycles. The van der Waals surface area contributed by atoms with E-state index in [1.165, 1.54) is 41.7 Å². The predicted molar refractivity (Wildman–Crippen MR) is 82.8 cm³/mol. The van der Waals surface area contributed by atoms with Gasteiger partial charge >= 0.3 is 0 Å². The summed E-state index contributed by atoms with van der Waals surface area (Å²) in [6, 6.07) is 9.71. The lowest BCUT2D eigenvalue weighted by molar-refractivity contribution is 0.589. The van der Waals surface area contributed by atoms with Crippen LogP contribution in [0.2, 0.25) is 0 Å². The second kappa shape index (κ2) is 6.15. The van der Waals surface area contributed by atoms with Gasteiger partial charge in [0, 0.05) is 5.38 Å². The molecule has 0 amide bonds. The van der Waals surface area contributed by atoms with Crippen LogP contribution < -0.4 is 0 Å². The standard InChI is InChI=1S/C17H10F3NS/c18-12-7-4-11(5-8-12)6-9-16-21-15(10-22-16)17-13(19)2-1-3-14(17)20/h1-10H/b9-6+. The molecule has 0 unspecified atom stereocenters. The molecule has 3 aromatic rings. The summed E-state index contributed by atoms with van der Waals surface area (Å²) in [5.74, 6) is -1.58. The first-order valence-corrected chi connectivity index (χ1v) is 7.35. The number of hydrogen-bond acceptors (Lipinski definition) is 2. The summed E-state index contributed by atoms with van der Waals surface area (Å²) >= 11 is 1.28. The monoisotopic (exact) mass is 317 g/mol. The van der Waals surface area contributed by atoms with E-state index in [1.807, 2.05) is 0 Å². The fourth-order valence-corrected chi connectivity index (χ4v) is 2.66. The van der Waals surface area contributed by atoms with Gasteiger partial charge in [0.25, 0.3) is 0 Å². The highest BCUT2D eigenvalue weighted by atomic mass is 32.1. The zero-order valence-electron chi connectivity index (χ0n) is 11.3. The molecule has 0 aliphatic carbocycles. The molecule has 0 saturated heterocycles. The first-order valence-electron chi connectivity index (χ1n) is 6.47. The third kappa shape index (κ3) is 3.09. The van der Waals surface area contributed by atoms with E-state index in [2.05, 4.69) is 4.98 Å². The van der Waals surface area contributed by atoms with Gasteiger partial charge in [-0.3, -0.25) is 0 Å². The molecule has 2 aromatic carbocycles. The lowest BCUT2D eigenvalue weighted by atomic mass is 10.1. The van der Waals surface area contributed by atoms with Crippen LogP contribution in [0.4, 0.5) is 13.2 Å². The molecule has 5 heteroatoms. The van der Waals surface area contributed by atoms with Crippen LogP contribution in [-0.2, 0) is 0 Å². The maximum Gasteiger partial charge on any atom is 0.135 e. The molecule has 110 valence electrons. The van der Waals surface area contributed by atoms with Gasteiger partial charge in [0.2, 0.25) is 0 Å². The van der Waals surface area contributed by atoms with E-state index in [0.29, 0.717) is 5.01 Å². The normalized spacial score (nSPS) is 11.2. The number of benzene rings is 2. The van der Waals surface area contributed by atoms with Crippen LogP contribution in [0.25, 0.3) is 23.4 Å². The fraction of sp³-hybridized carbons (Fsp3) is 0. The van der Waals surface area contributed by atoms with Crippen molar-refractivity contribution < 1.29 is 13.2 Å². The van der Waals surface area contributed by atoms with Gasteiger partial charge in [-0.25, -0.2) is 18.2 Å². The largest absolute Gasteiger partial charge is 0.236 e. The van der Waals surface area contributed by atoms with Gasteiger partial charge in [-0.15, -0.1) is 11.3 Å². The molecule has 3 rings (SSSR count). The van der Waals surface area contributed by atoms with Crippen LogP contribution in [0.1, 0.15) is 10.6 Å². The number of hydrogen-bond donors (Lipinski definition) is 0. The van der Waals surface area contributed by atoms with Crippen LogP contribution >= 0.6 is 11.3 Å². The molecule has 0 bridgehead atoms. The Bertz CT molecular complexity index is 802. The van der Waals surface area contributed by atoms with Crippen LogP contribution in [0.15, 0.2) is 47.8 Å². The van der Waals surface area contributed by atoms with Gasteiger partial charge in [0.1, 0.15) is 22.5 Å². The van der Waals surface area contributed by atoms with Crippen LogP contribution in [-0.4, -0.2) is 4.98 Å². The first-order chi connectivity index (χ1) is 10.6. The Balaban J connectivity index is 1.86. The SMILES string of the molecule is Fc1ccc(/C=C/c2nc(-c3c(F)cccc3F)cs2)cc1. The minimum absolute atomic E-state index is 0.125. The third-order valence-electron chi connectivity index (χ3n) is 3.03. The van der Waals surface area contributed by atoms with Gasteiger partial charge in [-0.2, -0.15) is 0 Å². The minimum atomic E-state index is -0.639. The van der Waals surface area contributed by atoms with Gasteiger partial charge in [0.05, 0.1) is 11.3 Å². The maximum absolute atomic E-state index is 13.7. The highest BCUT2D eigenvalue weighted by Gasteiger charge is 2.13. The molecule has 0 atom stereocenters. The number of aromatic nitrogens is 1. The van der Waals surface area contributed by atoms with Gasteiger partial charge in [-0.05, 0) is 35.9 Å². The molecule has 22 heavy (non-hydrogen) atoms. The minimum Gasteiger partial charge on any atom is -0.236 e. The number of halogens is 3. The van der Waals surface area contributed by atoms with Crippen molar-refractivity contribution >= 4 is 23.5 Å². The van der Waals surface area contributed by atoms with E-state index in [-0.39, 0.29) is 17.1 Å². The fourth-order valence-electron chi connectivity index (χ4n) is 1.96. The van der Waals surface area contributed by atoms with Gasteiger partial charge in [0.15, 0.2) is 0 Å². The van der Waals surface area contributed by atoms with E-state index in [1.54, 1.807) is 29.7 Å². The first kappa shape index (κ1) is 14.5. The Hall–Kier alpha value is -2.40. The summed E-state index contributed by atoms with van der Waals surface area (Å²) in [7, 11) is 0. The summed E-state index contributed by atoms with van der Waals surface area (Å²) < 4.78 is 40.2. The smallest absolute Gasteiger partial charge is 0.135 e. The number of rotatable bonds is 3. The summed E-state index contributed by atoms with van der Waals surface area (Å²) in [5.41, 5.74) is 0.953. The van der Waals surface area contributed by atoms with Gasteiger partial charge < -0.3 is 0 Å².